The van der Waals surface area contributed by atoms with E-state index in [0.717, 1.165) is 0 Å². The molecule has 0 spiro atoms. The molecule has 10 nitrogen and oxygen atoms in total. The van der Waals surface area contributed by atoms with Crippen LogP contribution in [-0.2, 0) is 6.42 Å². The van der Waals surface area contributed by atoms with Gasteiger partial charge in [0.2, 0.25) is 11.8 Å². The number of hydrogen-bond donors (Lipinski definition) is 2. The smallest absolute Gasteiger partial charge is 0.406 e. The van der Waals surface area contributed by atoms with Crippen LogP contribution in [0.1, 0.15) is 12.1 Å². The van der Waals surface area contributed by atoms with Crippen molar-refractivity contribution in [2.45, 2.75) is 19.2 Å². The summed E-state index contributed by atoms with van der Waals surface area (Å²) in [5.41, 5.74) is 7.73. The van der Waals surface area contributed by atoms with E-state index in [2.05, 4.69) is 25.0 Å². The number of benzene rings is 1. The van der Waals surface area contributed by atoms with Crippen LogP contribution in [-0.4, -0.2) is 37.2 Å². The summed E-state index contributed by atoms with van der Waals surface area (Å²) in [6, 6.07) is 10.0. The molecule has 0 radical (unpaired) electrons. The van der Waals surface area contributed by atoms with Gasteiger partial charge in [-0.3, -0.25) is 14.5 Å². The molecule has 0 saturated carbocycles. The van der Waals surface area contributed by atoms with Crippen molar-refractivity contribution < 1.29 is 22.8 Å². The highest BCUT2D eigenvalue weighted by Gasteiger charge is 2.31. The highest BCUT2D eigenvalue weighted by Crippen LogP contribution is 2.27. The van der Waals surface area contributed by atoms with Gasteiger partial charge in [-0.15, -0.1) is 13.2 Å². The first-order valence-electron chi connectivity index (χ1n) is 10.0. The Hall–Kier alpha value is -4.42. The minimum atomic E-state index is -4.76. The Kier molecular flexibility index (Phi) is 6.17. The second-order valence-electron chi connectivity index (χ2n) is 7.19. The van der Waals surface area contributed by atoms with E-state index in [-0.39, 0.29) is 17.3 Å². The number of ether oxygens (including phenoxy) is 1. The maximum absolute atomic E-state index is 12.4. The van der Waals surface area contributed by atoms with Crippen LogP contribution in [0.5, 0.6) is 5.75 Å². The van der Waals surface area contributed by atoms with Crippen molar-refractivity contribution >= 4 is 23.1 Å². The highest BCUT2D eigenvalue weighted by molar-refractivity contribution is 5.66. The molecule has 0 amide bonds. The summed E-state index contributed by atoms with van der Waals surface area (Å²) in [6.07, 6.45) is -0.261. The van der Waals surface area contributed by atoms with Crippen LogP contribution < -0.4 is 15.8 Å². The van der Waals surface area contributed by atoms with Gasteiger partial charge in [0.15, 0.2) is 0 Å². The van der Waals surface area contributed by atoms with Crippen molar-refractivity contribution in [2.75, 3.05) is 17.6 Å². The molecule has 4 rings (SSSR count). The maximum Gasteiger partial charge on any atom is 0.573 e. The van der Waals surface area contributed by atoms with Crippen LogP contribution in [0.2, 0.25) is 0 Å². The van der Waals surface area contributed by atoms with Gasteiger partial charge < -0.3 is 15.8 Å². The topological polar surface area (TPSA) is 134 Å². The molecule has 13 heteroatoms. The van der Waals surface area contributed by atoms with E-state index in [9.17, 15) is 23.3 Å². The number of imidazole rings is 1. The molecule has 176 valence electrons. The molecular weight excluding hydrogens is 455 g/mol. The number of pyridine rings is 1. The average Bonchev–Trinajstić information content (AvgIpc) is 3.25. The van der Waals surface area contributed by atoms with Gasteiger partial charge >= 0.3 is 12.0 Å². The number of nitrogens with two attached hydrogens (primary N) is 1. The number of rotatable bonds is 8. The first kappa shape index (κ1) is 22.8. The molecule has 0 aliphatic rings. The zero-order valence-corrected chi connectivity index (χ0v) is 17.5. The lowest BCUT2D eigenvalue weighted by atomic mass is 10.1. The number of nitrogens with one attached hydrogen (secondary N) is 1. The fourth-order valence-corrected chi connectivity index (χ4v) is 3.30. The number of nitrogens with zero attached hydrogens (tertiary/aromatic N) is 5. The average molecular weight is 473 g/mol. The molecule has 4 aromatic rings. The van der Waals surface area contributed by atoms with Crippen molar-refractivity contribution in [1.29, 1.82) is 0 Å². The first-order valence-corrected chi connectivity index (χ1v) is 10.0. The number of hydrogen-bond acceptors (Lipinski definition) is 8. The number of aromatic nitrogens is 4. The van der Waals surface area contributed by atoms with Gasteiger partial charge in [-0.2, -0.15) is 0 Å². The minimum Gasteiger partial charge on any atom is -0.406 e. The zero-order chi connectivity index (χ0) is 24.3. The van der Waals surface area contributed by atoms with Gasteiger partial charge in [-0.1, -0.05) is 0 Å². The van der Waals surface area contributed by atoms with Crippen molar-refractivity contribution in [1.82, 2.24) is 19.4 Å². The standard InChI is InChI=1S/C21H18F3N7O3/c22-21(23,24)34-15-6-3-13(4-7-15)16-12-18-26-10-11-30(18)20(29-16)27-9-1-2-14-5-8-17(31(32)33)19(25)28-14/h3-8,10-12H,1-2,9H2,(H2,25,28)(H,27,29). The summed E-state index contributed by atoms with van der Waals surface area (Å²) in [6.45, 7) is 0.501. The fourth-order valence-electron chi connectivity index (χ4n) is 3.30. The third-order valence-electron chi connectivity index (χ3n) is 4.82. The summed E-state index contributed by atoms with van der Waals surface area (Å²) in [5.74, 6) is 0.0466. The molecule has 0 saturated heterocycles. The summed E-state index contributed by atoms with van der Waals surface area (Å²) < 4.78 is 42.8. The normalized spacial score (nSPS) is 11.5. The number of halogens is 3. The number of anilines is 2. The van der Waals surface area contributed by atoms with Crippen molar-refractivity contribution in [3.8, 4) is 17.0 Å². The molecule has 0 unspecified atom stereocenters. The molecule has 3 N–H and O–H groups in total. The van der Waals surface area contributed by atoms with Crippen LogP contribution in [0.25, 0.3) is 16.9 Å². The largest absolute Gasteiger partial charge is 0.573 e. The van der Waals surface area contributed by atoms with Crippen LogP contribution in [0.15, 0.2) is 54.9 Å². The van der Waals surface area contributed by atoms with E-state index >= 15 is 0 Å². The minimum absolute atomic E-state index is 0.128. The molecular formula is C21H18F3N7O3. The van der Waals surface area contributed by atoms with Crippen LogP contribution >= 0.6 is 0 Å². The fraction of sp³-hybridized carbons (Fsp3) is 0.190. The highest BCUT2D eigenvalue weighted by atomic mass is 19.4. The predicted molar refractivity (Wildman–Crippen MR) is 117 cm³/mol. The van der Waals surface area contributed by atoms with Crippen LogP contribution in [0.3, 0.4) is 0 Å². The maximum atomic E-state index is 12.4. The van der Waals surface area contributed by atoms with Gasteiger partial charge in [-0.25, -0.2) is 15.0 Å². The van der Waals surface area contributed by atoms with E-state index in [0.29, 0.717) is 47.9 Å². The van der Waals surface area contributed by atoms with E-state index in [1.54, 1.807) is 28.9 Å². The molecule has 0 fully saturated rings. The van der Waals surface area contributed by atoms with Crippen molar-refractivity contribution in [2.24, 2.45) is 0 Å². The van der Waals surface area contributed by atoms with Crippen molar-refractivity contribution in [3.05, 3.63) is 70.7 Å². The lowest BCUT2D eigenvalue weighted by Crippen LogP contribution is -2.16. The Balaban J connectivity index is 1.45. The quantitative estimate of drug-likeness (QED) is 0.221. The second-order valence-corrected chi connectivity index (χ2v) is 7.19. The van der Waals surface area contributed by atoms with Crippen LogP contribution in [0, 0.1) is 10.1 Å². The summed E-state index contributed by atoms with van der Waals surface area (Å²) in [7, 11) is 0. The number of nitro groups is 1. The third kappa shape index (κ3) is 5.31. The van der Waals surface area contributed by atoms with Gasteiger partial charge in [-0.05, 0) is 43.2 Å². The Bertz CT molecular complexity index is 1320. The number of alkyl halides is 3. The monoisotopic (exact) mass is 473 g/mol. The van der Waals surface area contributed by atoms with Gasteiger partial charge in [0.05, 0.1) is 10.6 Å². The molecule has 0 atom stereocenters. The lowest BCUT2D eigenvalue weighted by molar-refractivity contribution is -0.384. The SMILES string of the molecule is Nc1nc(CCCNc2nc(-c3ccc(OC(F)(F)F)cc3)cc3nccn23)ccc1[N+](=O)[O-]. The molecule has 0 aliphatic carbocycles. The number of aryl methyl sites for hydroxylation is 1. The molecule has 34 heavy (non-hydrogen) atoms. The van der Waals surface area contributed by atoms with Gasteiger partial charge in [0.25, 0.3) is 0 Å². The third-order valence-corrected chi connectivity index (χ3v) is 4.82. The van der Waals surface area contributed by atoms with Crippen LogP contribution in [0.4, 0.5) is 30.6 Å². The Labute approximate surface area is 190 Å². The van der Waals surface area contributed by atoms with E-state index in [1.807, 2.05) is 0 Å². The number of fused-ring (bicyclic) bond motifs is 1. The Morgan fingerprint density at radius 3 is 2.59 bits per heavy atom. The number of nitrogen functional groups attached to an aromatic ring is 1. The molecule has 1 aromatic carbocycles. The van der Waals surface area contributed by atoms with E-state index in [4.69, 9.17) is 5.73 Å². The Morgan fingerprint density at radius 1 is 1.15 bits per heavy atom. The summed E-state index contributed by atoms with van der Waals surface area (Å²) in [4.78, 5) is 23.2. The van der Waals surface area contributed by atoms with E-state index in [1.165, 1.54) is 30.3 Å². The van der Waals surface area contributed by atoms with Gasteiger partial charge in [0.1, 0.15) is 11.4 Å². The second kappa shape index (κ2) is 9.21. The van der Waals surface area contributed by atoms with Crippen molar-refractivity contribution in [3.63, 3.8) is 0 Å². The van der Waals surface area contributed by atoms with E-state index < -0.39 is 11.3 Å². The summed E-state index contributed by atoms with van der Waals surface area (Å²) in [5, 5.41) is 14.1. The molecule has 3 heterocycles. The first-order chi connectivity index (χ1) is 16.2. The molecule has 0 bridgehead atoms. The Morgan fingerprint density at radius 2 is 1.91 bits per heavy atom. The zero-order valence-electron chi connectivity index (χ0n) is 17.5. The lowest BCUT2D eigenvalue weighted by Gasteiger charge is -2.12. The van der Waals surface area contributed by atoms with Gasteiger partial charge in [0, 0.05) is 42.3 Å². The summed E-state index contributed by atoms with van der Waals surface area (Å²) >= 11 is 0. The molecule has 0 aliphatic heterocycles. The predicted octanol–water partition coefficient (Wildman–Crippen LogP) is 4.23. The molecule has 3 aromatic heterocycles.